The van der Waals surface area contributed by atoms with Crippen LogP contribution in [0.15, 0.2) is 0 Å². The van der Waals surface area contributed by atoms with Crippen LogP contribution in [0.5, 0.6) is 0 Å². The minimum atomic E-state index is 0. The van der Waals surface area contributed by atoms with E-state index in [-0.39, 0.29) is 1.43 Å². The Bertz CT molecular complexity index is 27.7. The Balaban J connectivity index is 0. The Hall–Kier alpha value is 0.169. The Morgan fingerprint density at radius 3 is 2.43 bits per heavy atom. The zero-order chi connectivity index (χ0) is 5.54. The summed E-state index contributed by atoms with van der Waals surface area (Å²) in [4.78, 5) is 0. The second-order valence-corrected chi connectivity index (χ2v) is 1.91. The molecule has 0 aromatic carbocycles. The van der Waals surface area contributed by atoms with Crippen LogP contribution in [0.3, 0.4) is 0 Å². The van der Waals surface area contributed by atoms with Gasteiger partial charge in [0.05, 0.1) is 0 Å². The van der Waals surface area contributed by atoms with Gasteiger partial charge in [0.15, 0.2) is 0 Å². The number of hydrogen-bond donors (Lipinski definition) is 0. The summed E-state index contributed by atoms with van der Waals surface area (Å²) in [5.41, 5.74) is 0. The Morgan fingerprint density at radius 2 is 2.00 bits per heavy atom. The van der Waals surface area contributed by atoms with Gasteiger partial charge >= 0.3 is 48.2 Å². The van der Waals surface area contributed by atoms with Gasteiger partial charge < -0.3 is 1.43 Å². The van der Waals surface area contributed by atoms with E-state index in [4.69, 9.17) is 0 Å². The second-order valence-electron chi connectivity index (χ2n) is 1.91. The van der Waals surface area contributed by atoms with E-state index in [9.17, 15) is 0 Å². The summed E-state index contributed by atoms with van der Waals surface area (Å²) < 4.78 is 0. The average Bonchev–Trinajstić information content (AvgIpc) is 1.69. The fourth-order valence-electron chi connectivity index (χ4n) is 0.604. The zero-order valence-corrected chi connectivity index (χ0v) is 5.24. The van der Waals surface area contributed by atoms with Crippen LogP contribution in [0, 0.1) is 0 Å². The van der Waals surface area contributed by atoms with Crippen molar-refractivity contribution in [2.45, 2.75) is 38.7 Å². The summed E-state index contributed by atoms with van der Waals surface area (Å²) in [6.45, 7) is 2.23. The van der Waals surface area contributed by atoms with E-state index in [1.807, 2.05) is 0 Å². The first kappa shape index (κ1) is 7.17. The first-order valence-electron chi connectivity index (χ1n) is 3.21. The largest absolute Gasteiger partial charge is 1.00 e. The van der Waals surface area contributed by atoms with Crippen molar-refractivity contribution in [3.05, 3.63) is 0 Å². The van der Waals surface area contributed by atoms with Gasteiger partial charge in [0, 0.05) is 0 Å². The summed E-state index contributed by atoms with van der Waals surface area (Å²) in [6, 6.07) is 0. The zero-order valence-electron chi connectivity index (χ0n) is 6.24. The molecule has 40 valence electrons. The molecule has 0 aliphatic heterocycles. The van der Waals surface area contributed by atoms with Gasteiger partial charge in [0.25, 0.3) is 0 Å². The van der Waals surface area contributed by atoms with Crippen LogP contribution in [0.25, 0.3) is 0 Å². The Morgan fingerprint density at radius 1 is 1.29 bits per heavy atom. The van der Waals surface area contributed by atoms with Gasteiger partial charge in [-0.3, -0.25) is 0 Å². The van der Waals surface area contributed by atoms with Gasteiger partial charge in [0.1, 0.15) is 0 Å². The molecular formula is C6H14Be. The summed E-state index contributed by atoms with van der Waals surface area (Å²) >= 11 is 0. The minimum absolute atomic E-state index is 0. The molecule has 0 aromatic heterocycles. The van der Waals surface area contributed by atoms with Gasteiger partial charge in [-0.05, 0) is 0 Å². The summed E-state index contributed by atoms with van der Waals surface area (Å²) in [7, 11) is 3.76. The van der Waals surface area contributed by atoms with Crippen LogP contribution in [-0.2, 0) is 0 Å². The Kier molecular flexibility index (Phi) is 6.32. The third-order valence-corrected chi connectivity index (χ3v) is 1.10. The molecule has 0 bridgehead atoms. The van der Waals surface area contributed by atoms with Crippen molar-refractivity contribution in [1.29, 1.82) is 0 Å². The van der Waals surface area contributed by atoms with E-state index in [0.717, 1.165) is 6.14 Å². The quantitative estimate of drug-likeness (QED) is 0.371. The molecule has 0 fully saturated rings. The summed E-state index contributed by atoms with van der Waals surface area (Å²) in [5, 5.41) is 0. The van der Waals surface area contributed by atoms with Crippen LogP contribution in [0.4, 0.5) is 0 Å². The molecule has 0 aliphatic carbocycles. The maximum absolute atomic E-state index is 3.76. The monoisotopic (exact) mass is 95.1 g/mol. The van der Waals surface area contributed by atoms with Crippen molar-refractivity contribution >= 4 is 9.45 Å². The van der Waals surface area contributed by atoms with Crippen LogP contribution in [0.1, 0.15) is 34.0 Å². The molecule has 0 saturated heterocycles. The van der Waals surface area contributed by atoms with E-state index in [1.54, 1.807) is 0 Å². The van der Waals surface area contributed by atoms with Crippen molar-refractivity contribution in [1.82, 2.24) is 0 Å². The fraction of sp³-hybridized carbons (Fsp3) is 1.00. The van der Waals surface area contributed by atoms with Gasteiger partial charge in [-0.1, -0.05) is 0 Å². The third-order valence-electron chi connectivity index (χ3n) is 1.10. The molecule has 0 nitrogen and oxygen atoms in total. The van der Waals surface area contributed by atoms with Crippen LogP contribution >= 0.6 is 0 Å². The van der Waals surface area contributed by atoms with Crippen molar-refractivity contribution < 1.29 is 1.43 Å². The van der Waals surface area contributed by atoms with Crippen LogP contribution in [0.2, 0.25) is 6.14 Å². The molecule has 0 amide bonds. The molecule has 0 radical (unpaired) electrons. The van der Waals surface area contributed by atoms with Gasteiger partial charge in [-0.25, -0.2) is 0 Å². The third kappa shape index (κ3) is 6.17. The number of hydrogen-bond acceptors (Lipinski definition) is 0. The maximum atomic E-state index is 3.76. The van der Waals surface area contributed by atoms with E-state index in [0.29, 0.717) is 0 Å². The number of unbranched alkanes of at least 4 members (excludes halogenated alkanes) is 3. The first-order valence-corrected chi connectivity index (χ1v) is 3.21. The molecule has 0 saturated carbocycles. The standard InChI is InChI=1S/C6H13.Be.H/c1-3-5-6-4-2;;/h1,3-6H2,2H3;;/q;+1;-1. The SMILES string of the molecule is [Be+][CH2]CCCCC.[H-]. The van der Waals surface area contributed by atoms with Gasteiger partial charge in [-0.2, -0.15) is 0 Å². The van der Waals surface area contributed by atoms with E-state index in [2.05, 4.69) is 16.4 Å². The minimum Gasteiger partial charge on any atom is -1.00 e. The summed E-state index contributed by atoms with van der Waals surface area (Å²) in [5.74, 6) is 0. The molecule has 0 unspecified atom stereocenters. The summed E-state index contributed by atoms with van der Waals surface area (Å²) in [6.07, 6.45) is 6.52. The fourth-order valence-corrected chi connectivity index (χ4v) is 0.604. The van der Waals surface area contributed by atoms with Crippen molar-refractivity contribution in [2.24, 2.45) is 0 Å². The van der Waals surface area contributed by atoms with Crippen LogP contribution < -0.4 is 0 Å². The molecule has 0 heterocycles. The Labute approximate surface area is 50.6 Å². The molecule has 0 rings (SSSR count). The predicted molar refractivity (Wildman–Crippen MR) is 35.8 cm³/mol. The molecule has 0 spiro atoms. The van der Waals surface area contributed by atoms with Gasteiger partial charge in [-0.15, -0.1) is 0 Å². The predicted octanol–water partition coefficient (Wildman–Crippen LogP) is 2.27. The van der Waals surface area contributed by atoms with E-state index in [1.165, 1.54) is 25.7 Å². The molecule has 0 atom stereocenters. The second kappa shape index (κ2) is 6.17. The van der Waals surface area contributed by atoms with Gasteiger partial charge in [0.2, 0.25) is 0 Å². The molecular weight excluding hydrogens is 81.1 g/mol. The van der Waals surface area contributed by atoms with Crippen molar-refractivity contribution in [3.8, 4) is 0 Å². The number of rotatable bonds is 4. The normalized spacial score (nSPS) is 9.57. The smallest absolute Gasteiger partial charge is 1.00 e. The van der Waals surface area contributed by atoms with Crippen LogP contribution in [-0.4, -0.2) is 9.45 Å². The average molecular weight is 95.2 g/mol. The first-order chi connectivity index (χ1) is 3.41. The van der Waals surface area contributed by atoms with Crippen molar-refractivity contribution in [2.75, 3.05) is 0 Å². The molecule has 1 heteroatoms. The van der Waals surface area contributed by atoms with E-state index < -0.39 is 0 Å². The van der Waals surface area contributed by atoms with Crippen molar-refractivity contribution in [3.63, 3.8) is 0 Å². The molecule has 7 heavy (non-hydrogen) atoms. The maximum Gasteiger partial charge on any atom is -1.00 e. The molecule has 0 N–H and O–H groups in total. The molecule has 0 aromatic rings. The molecule has 0 aliphatic rings. The van der Waals surface area contributed by atoms with E-state index >= 15 is 0 Å². The topological polar surface area (TPSA) is 0 Å².